The number of rotatable bonds is 3. The van der Waals surface area contributed by atoms with Crippen LogP contribution in [0.25, 0.3) is 11.1 Å². The Morgan fingerprint density at radius 2 is 2.09 bits per heavy atom. The Hall–Kier alpha value is -2.27. The van der Waals surface area contributed by atoms with Crippen LogP contribution in [0.4, 0.5) is 4.39 Å². The Kier molecular flexibility index (Phi) is 3.90. The van der Waals surface area contributed by atoms with Gasteiger partial charge in [-0.3, -0.25) is 0 Å². The van der Waals surface area contributed by atoms with Gasteiger partial charge in [0.25, 0.3) is 0 Å². The van der Waals surface area contributed by atoms with E-state index in [-0.39, 0.29) is 11.9 Å². The highest BCUT2D eigenvalue weighted by atomic mass is 19.1. The zero-order valence-electron chi connectivity index (χ0n) is 12.6. The Morgan fingerprint density at radius 3 is 2.77 bits per heavy atom. The standard InChI is InChI=1S/C17H18FNO3/c1-10-5-12(20-2)3-4-14(10)15-6-11(18)7-16-17(15)22-13(8-19)9-21-16/h3-7,13H,8-9,19H2,1-2H3/t13-/m0/s1. The summed E-state index contributed by atoms with van der Waals surface area (Å²) >= 11 is 0. The van der Waals surface area contributed by atoms with Gasteiger partial charge in [0.1, 0.15) is 24.3 Å². The van der Waals surface area contributed by atoms with Crippen molar-refractivity contribution < 1.29 is 18.6 Å². The molecule has 1 atom stereocenters. The average molecular weight is 303 g/mol. The predicted octanol–water partition coefficient (Wildman–Crippen LogP) is 2.91. The maximum absolute atomic E-state index is 13.9. The Morgan fingerprint density at radius 1 is 1.27 bits per heavy atom. The number of benzene rings is 2. The molecule has 0 saturated heterocycles. The molecule has 5 heteroatoms. The molecule has 1 aliphatic heterocycles. The first-order chi connectivity index (χ1) is 10.6. The van der Waals surface area contributed by atoms with Crippen LogP contribution in [0.15, 0.2) is 30.3 Å². The van der Waals surface area contributed by atoms with Gasteiger partial charge in [0.15, 0.2) is 11.5 Å². The van der Waals surface area contributed by atoms with Crippen LogP contribution in [0.1, 0.15) is 5.56 Å². The maximum Gasteiger partial charge on any atom is 0.169 e. The normalized spacial score (nSPS) is 16.5. The molecule has 0 saturated carbocycles. The van der Waals surface area contributed by atoms with Gasteiger partial charge in [0, 0.05) is 18.2 Å². The Labute approximate surface area is 128 Å². The van der Waals surface area contributed by atoms with Gasteiger partial charge < -0.3 is 19.9 Å². The minimum Gasteiger partial charge on any atom is -0.497 e. The summed E-state index contributed by atoms with van der Waals surface area (Å²) in [6, 6.07) is 8.42. The van der Waals surface area contributed by atoms with Gasteiger partial charge in [0.05, 0.1) is 7.11 Å². The summed E-state index contributed by atoms with van der Waals surface area (Å²) in [7, 11) is 1.61. The fourth-order valence-corrected chi connectivity index (χ4v) is 2.56. The minimum atomic E-state index is -0.362. The highest BCUT2D eigenvalue weighted by Gasteiger charge is 2.25. The third-order valence-corrected chi connectivity index (χ3v) is 3.72. The van der Waals surface area contributed by atoms with E-state index < -0.39 is 0 Å². The predicted molar refractivity (Wildman–Crippen MR) is 82.1 cm³/mol. The van der Waals surface area contributed by atoms with Gasteiger partial charge >= 0.3 is 0 Å². The molecule has 2 aromatic rings. The van der Waals surface area contributed by atoms with Crippen molar-refractivity contribution in [1.82, 2.24) is 0 Å². The van der Waals surface area contributed by atoms with Gasteiger partial charge in [-0.25, -0.2) is 4.39 Å². The van der Waals surface area contributed by atoms with Crippen molar-refractivity contribution in [2.45, 2.75) is 13.0 Å². The van der Waals surface area contributed by atoms with Gasteiger partial charge in [-0.05, 0) is 36.2 Å². The van der Waals surface area contributed by atoms with E-state index in [1.165, 1.54) is 12.1 Å². The van der Waals surface area contributed by atoms with E-state index in [2.05, 4.69) is 0 Å². The lowest BCUT2D eigenvalue weighted by Crippen LogP contribution is -2.36. The zero-order chi connectivity index (χ0) is 15.7. The second kappa shape index (κ2) is 5.85. The molecule has 1 heterocycles. The Bertz CT molecular complexity index is 703. The SMILES string of the molecule is COc1ccc(-c2cc(F)cc3c2O[C@@H](CN)CO3)c(C)c1. The number of aryl methyl sites for hydroxylation is 1. The third kappa shape index (κ3) is 2.60. The number of nitrogens with two attached hydrogens (primary N) is 1. The van der Waals surface area contributed by atoms with Crippen LogP contribution in [0.3, 0.4) is 0 Å². The molecule has 2 aromatic carbocycles. The number of ether oxygens (including phenoxy) is 3. The van der Waals surface area contributed by atoms with Gasteiger partial charge in [-0.2, -0.15) is 0 Å². The number of methoxy groups -OCH3 is 1. The van der Waals surface area contributed by atoms with Gasteiger partial charge in [-0.1, -0.05) is 6.07 Å². The molecule has 4 nitrogen and oxygen atoms in total. The number of hydrogen-bond acceptors (Lipinski definition) is 4. The molecule has 22 heavy (non-hydrogen) atoms. The molecule has 0 aromatic heterocycles. The summed E-state index contributed by atoms with van der Waals surface area (Å²) in [5, 5.41) is 0. The summed E-state index contributed by atoms with van der Waals surface area (Å²) in [4.78, 5) is 0. The van der Waals surface area contributed by atoms with E-state index >= 15 is 0 Å². The highest BCUT2D eigenvalue weighted by molar-refractivity contribution is 5.77. The van der Waals surface area contributed by atoms with E-state index in [1.54, 1.807) is 7.11 Å². The largest absolute Gasteiger partial charge is 0.497 e. The van der Waals surface area contributed by atoms with Crippen molar-refractivity contribution in [2.75, 3.05) is 20.3 Å². The van der Waals surface area contributed by atoms with Crippen molar-refractivity contribution in [3.63, 3.8) is 0 Å². The quantitative estimate of drug-likeness (QED) is 0.947. The summed E-state index contributed by atoms with van der Waals surface area (Å²) in [5.41, 5.74) is 8.15. The van der Waals surface area contributed by atoms with Crippen LogP contribution in [0.5, 0.6) is 17.2 Å². The average Bonchev–Trinajstić information content (AvgIpc) is 2.53. The van der Waals surface area contributed by atoms with E-state index in [9.17, 15) is 4.39 Å². The lowest BCUT2D eigenvalue weighted by Gasteiger charge is -2.28. The van der Waals surface area contributed by atoms with Crippen molar-refractivity contribution in [3.8, 4) is 28.4 Å². The lowest BCUT2D eigenvalue weighted by atomic mass is 9.98. The van der Waals surface area contributed by atoms with Gasteiger partial charge in [-0.15, -0.1) is 0 Å². The van der Waals surface area contributed by atoms with Crippen LogP contribution >= 0.6 is 0 Å². The smallest absolute Gasteiger partial charge is 0.169 e. The summed E-state index contributed by atoms with van der Waals surface area (Å²) in [6.45, 7) is 2.62. The van der Waals surface area contributed by atoms with Crippen molar-refractivity contribution in [1.29, 1.82) is 0 Å². The maximum atomic E-state index is 13.9. The fraction of sp³-hybridized carbons (Fsp3) is 0.294. The van der Waals surface area contributed by atoms with Crippen molar-refractivity contribution in [3.05, 3.63) is 41.7 Å². The molecule has 3 rings (SSSR count). The molecule has 0 radical (unpaired) electrons. The number of hydrogen-bond donors (Lipinski definition) is 1. The lowest BCUT2D eigenvalue weighted by molar-refractivity contribution is 0.0971. The molecule has 116 valence electrons. The van der Waals surface area contributed by atoms with Crippen LogP contribution < -0.4 is 19.9 Å². The molecule has 0 fully saturated rings. The van der Waals surface area contributed by atoms with Crippen LogP contribution in [-0.4, -0.2) is 26.4 Å². The summed E-state index contributed by atoms with van der Waals surface area (Å²) < 4.78 is 30.6. The topological polar surface area (TPSA) is 53.7 Å². The second-order valence-electron chi connectivity index (χ2n) is 5.25. The van der Waals surface area contributed by atoms with Gasteiger partial charge in [0.2, 0.25) is 0 Å². The summed E-state index contributed by atoms with van der Waals surface area (Å²) in [5.74, 6) is 1.34. The van der Waals surface area contributed by atoms with E-state index in [1.807, 2.05) is 25.1 Å². The third-order valence-electron chi connectivity index (χ3n) is 3.72. The van der Waals surface area contributed by atoms with Crippen molar-refractivity contribution in [2.24, 2.45) is 5.73 Å². The molecule has 0 unspecified atom stereocenters. The molecule has 0 aliphatic carbocycles. The second-order valence-corrected chi connectivity index (χ2v) is 5.25. The number of fused-ring (bicyclic) bond motifs is 1. The molecule has 1 aliphatic rings. The van der Waals surface area contributed by atoms with E-state index in [0.29, 0.717) is 30.2 Å². The van der Waals surface area contributed by atoms with E-state index in [4.69, 9.17) is 19.9 Å². The number of halogens is 1. The molecule has 0 amide bonds. The molecular weight excluding hydrogens is 285 g/mol. The highest BCUT2D eigenvalue weighted by Crippen LogP contribution is 2.43. The fourth-order valence-electron chi connectivity index (χ4n) is 2.56. The molecular formula is C17H18FNO3. The first kappa shape index (κ1) is 14.7. The van der Waals surface area contributed by atoms with Crippen LogP contribution in [-0.2, 0) is 0 Å². The van der Waals surface area contributed by atoms with E-state index in [0.717, 1.165) is 16.9 Å². The zero-order valence-corrected chi connectivity index (χ0v) is 12.6. The molecule has 0 spiro atoms. The van der Waals surface area contributed by atoms with Crippen LogP contribution in [0.2, 0.25) is 0 Å². The Balaban J connectivity index is 2.13. The summed E-state index contributed by atoms with van der Waals surface area (Å²) in [6.07, 6.45) is -0.227. The molecule has 0 bridgehead atoms. The van der Waals surface area contributed by atoms with Crippen molar-refractivity contribution >= 4 is 0 Å². The first-order valence-corrected chi connectivity index (χ1v) is 7.10. The monoisotopic (exact) mass is 303 g/mol. The first-order valence-electron chi connectivity index (χ1n) is 7.10. The minimum absolute atomic E-state index is 0.227. The molecule has 2 N–H and O–H groups in total. The van der Waals surface area contributed by atoms with Crippen LogP contribution in [0, 0.1) is 12.7 Å².